The molecular formula is C26H29N7O. The largest absolute Gasteiger partial charge is 0.397 e. The van der Waals surface area contributed by atoms with E-state index in [1.165, 1.54) is 6.08 Å². The molecule has 0 bridgehead atoms. The zero-order valence-corrected chi connectivity index (χ0v) is 19.4. The van der Waals surface area contributed by atoms with Crippen LogP contribution in [-0.4, -0.2) is 41.7 Å². The summed E-state index contributed by atoms with van der Waals surface area (Å²) < 4.78 is 2.06. The fraction of sp³-hybridized carbons (Fsp3) is 0.192. The average Bonchev–Trinajstić information content (AvgIpc) is 3.35. The van der Waals surface area contributed by atoms with Gasteiger partial charge in [0.2, 0.25) is 5.78 Å². The number of imidazole rings is 1. The van der Waals surface area contributed by atoms with E-state index in [1.54, 1.807) is 12.3 Å². The highest BCUT2D eigenvalue weighted by molar-refractivity contribution is 6.23. The van der Waals surface area contributed by atoms with Gasteiger partial charge >= 0.3 is 0 Å². The summed E-state index contributed by atoms with van der Waals surface area (Å²) in [5.41, 5.74) is 11.1. The molecule has 0 radical (unpaired) electrons. The molecular weight excluding hydrogens is 426 g/mol. The predicted octanol–water partition coefficient (Wildman–Crippen LogP) is 3.95. The number of aryl methyl sites for hydroxylation is 1. The molecule has 1 aliphatic rings. The van der Waals surface area contributed by atoms with Crippen LogP contribution in [-0.2, 0) is 11.3 Å². The number of hydrogen-bond acceptors (Lipinski definition) is 7. The van der Waals surface area contributed by atoms with Gasteiger partial charge in [0.05, 0.1) is 29.1 Å². The molecule has 4 N–H and O–H groups in total. The van der Waals surface area contributed by atoms with Crippen LogP contribution in [0.3, 0.4) is 0 Å². The van der Waals surface area contributed by atoms with Crippen molar-refractivity contribution >= 4 is 34.2 Å². The molecule has 0 fully saturated rings. The van der Waals surface area contributed by atoms with Crippen molar-refractivity contribution in [3.05, 3.63) is 90.8 Å². The highest BCUT2D eigenvalue weighted by Crippen LogP contribution is 2.22. The van der Waals surface area contributed by atoms with Crippen LogP contribution in [0, 0.1) is 0 Å². The van der Waals surface area contributed by atoms with Crippen LogP contribution in [0.5, 0.6) is 0 Å². The molecule has 8 nitrogen and oxygen atoms in total. The van der Waals surface area contributed by atoms with Crippen molar-refractivity contribution in [1.29, 1.82) is 0 Å². The van der Waals surface area contributed by atoms with E-state index < -0.39 is 0 Å². The van der Waals surface area contributed by atoms with E-state index >= 15 is 0 Å². The molecule has 0 saturated heterocycles. The molecule has 8 heteroatoms. The van der Waals surface area contributed by atoms with Crippen molar-refractivity contribution in [2.24, 2.45) is 10.7 Å². The molecule has 34 heavy (non-hydrogen) atoms. The number of nitrogens with two attached hydrogens (primary N) is 1. The Morgan fingerprint density at radius 3 is 2.44 bits per heavy atom. The van der Waals surface area contributed by atoms with Gasteiger partial charge in [-0.05, 0) is 61.0 Å². The van der Waals surface area contributed by atoms with Crippen molar-refractivity contribution in [2.45, 2.75) is 13.0 Å². The Bertz CT molecular complexity index is 1210. The maximum absolute atomic E-state index is 12.5. The maximum atomic E-state index is 12.5. The first-order valence-corrected chi connectivity index (χ1v) is 11.1. The van der Waals surface area contributed by atoms with Gasteiger partial charge in [-0.2, -0.15) is 0 Å². The maximum Gasteiger partial charge on any atom is 0.204 e. The molecule has 1 aromatic heterocycles. The number of aromatic nitrogens is 2. The van der Waals surface area contributed by atoms with Crippen LogP contribution in [0.2, 0.25) is 0 Å². The van der Waals surface area contributed by atoms with Crippen molar-refractivity contribution in [1.82, 2.24) is 9.55 Å². The Labute approximate surface area is 199 Å². The molecule has 0 atom stereocenters. The normalized spacial score (nSPS) is 14.5. The van der Waals surface area contributed by atoms with Gasteiger partial charge in [-0.15, -0.1) is 0 Å². The van der Waals surface area contributed by atoms with Gasteiger partial charge in [-0.1, -0.05) is 0 Å². The van der Waals surface area contributed by atoms with E-state index in [0.717, 1.165) is 42.3 Å². The molecule has 1 aliphatic carbocycles. The number of carbonyl (C=O) groups excluding carboxylic acids is 1. The zero-order chi connectivity index (χ0) is 23.9. The summed E-state index contributed by atoms with van der Waals surface area (Å²) in [5, 5.41) is 6.60. The number of hydrogen-bond donors (Lipinski definition) is 3. The van der Waals surface area contributed by atoms with Gasteiger partial charge < -0.3 is 25.8 Å². The number of nitrogens with one attached hydrogen (secondary N) is 2. The van der Waals surface area contributed by atoms with Crippen LogP contribution in [0.25, 0.3) is 0 Å². The molecule has 174 valence electrons. The topological polar surface area (TPSA) is 101 Å². The molecule has 2 aromatic carbocycles. The molecule has 1 heterocycles. The number of rotatable bonds is 9. The predicted molar refractivity (Wildman–Crippen MR) is 139 cm³/mol. The summed E-state index contributed by atoms with van der Waals surface area (Å²) in [5.74, 6) is -0.180. The number of carbonyl (C=O) groups is 1. The third-order valence-electron chi connectivity index (χ3n) is 5.39. The van der Waals surface area contributed by atoms with Crippen LogP contribution < -0.4 is 21.3 Å². The number of anilines is 3. The van der Waals surface area contributed by atoms with Gasteiger partial charge in [0, 0.05) is 62.7 Å². The van der Waals surface area contributed by atoms with E-state index in [4.69, 9.17) is 5.73 Å². The monoisotopic (exact) mass is 455 g/mol. The lowest BCUT2D eigenvalue weighted by Crippen LogP contribution is -2.22. The molecule has 3 aromatic rings. The highest BCUT2D eigenvalue weighted by Gasteiger charge is 2.17. The van der Waals surface area contributed by atoms with Crippen LogP contribution >= 0.6 is 0 Å². The molecule has 0 spiro atoms. The number of ketones is 1. The fourth-order valence-electron chi connectivity index (χ4n) is 3.48. The summed E-state index contributed by atoms with van der Waals surface area (Å²) in [4.78, 5) is 23.2. The first-order chi connectivity index (χ1) is 16.5. The summed E-state index contributed by atoms with van der Waals surface area (Å²) in [6.45, 7) is 1.78. The minimum atomic E-state index is -0.180. The van der Waals surface area contributed by atoms with E-state index in [-0.39, 0.29) is 5.78 Å². The standard InChI is InChI=1S/C26H29N7O/c1-32(2)22-10-8-21(9-11-22)30-24-17-25(26(34)16-23(24)27)31-20-6-4-19(5-7-20)29-12-3-14-33-15-13-28-18-33/h4-11,13,15-18,29,31H,3,12,14,27H2,1-2H3/b30-24-. The quantitative estimate of drug-likeness (QED) is 0.334. The Balaban J connectivity index is 1.38. The van der Waals surface area contributed by atoms with Gasteiger partial charge in [0.1, 0.15) is 0 Å². The molecule has 0 amide bonds. The van der Waals surface area contributed by atoms with Crippen LogP contribution in [0.1, 0.15) is 6.42 Å². The molecule has 0 saturated carbocycles. The second kappa shape index (κ2) is 10.5. The lowest BCUT2D eigenvalue weighted by atomic mass is 10.1. The SMILES string of the molecule is CN(C)c1ccc(/N=C2/C=C(Nc3ccc(NCCCn4ccnc4)cc3)C(=O)C=C2N)cc1. The van der Waals surface area contributed by atoms with Crippen molar-refractivity contribution in [2.75, 3.05) is 36.2 Å². The smallest absolute Gasteiger partial charge is 0.204 e. The van der Waals surface area contributed by atoms with E-state index in [9.17, 15) is 4.79 Å². The molecule has 0 aliphatic heterocycles. The third kappa shape index (κ3) is 5.92. The van der Waals surface area contributed by atoms with Gasteiger partial charge in [-0.25, -0.2) is 9.98 Å². The Morgan fingerprint density at radius 2 is 1.76 bits per heavy atom. The molecule has 4 rings (SSSR count). The van der Waals surface area contributed by atoms with Gasteiger partial charge in [-0.3, -0.25) is 4.79 Å². The average molecular weight is 456 g/mol. The third-order valence-corrected chi connectivity index (χ3v) is 5.39. The summed E-state index contributed by atoms with van der Waals surface area (Å²) in [6.07, 6.45) is 9.66. The first kappa shape index (κ1) is 22.8. The van der Waals surface area contributed by atoms with Crippen molar-refractivity contribution < 1.29 is 4.79 Å². The number of benzene rings is 2. The van der Waals surface area contributed by atoms with Gasteiger partial charge in [0.15, 0.2) is 0 Å². The van der Waals surface area contributed by atoms with E-state index in [2.05, 4.69) is 25.2 Å². The van der Waals surface area contributed by atoms with Crippen molar-refractivity contribution in [3.8, 4) is 0 Å². The number of aliphatic imine (C=N–C) groups is 1. The zero-order valence-electron chi connectivity index (χ0n) is 19.4. The number of nitrogens with zero attached hydrogens (tertiary/aromatic N) is 4. The highest BCUT2D eigenvalue weighted by atomic mass is 16.1. The van der Waals surface area contributed by atoms with Gasteiger partial charge in [0.25, 0.3) is 0 Å². The summed E-state index contributed by atoms with van der Waals surface area (Å²) in [7, 11) is 3.97. The fourth-order valence-corrected chi connectivity index (χ4v) is 3.48. The Kier molecular flexibility index (Phi) is 7.07. The second-order valence-corrected chi connectivity index (χ2v) is 8.21. The second-order valence-electron chi connectivity index (χ2n) is 8.21. The minimum absolute atomic E-state index is 0.180. The Morgan fingerprint density at radius 1 is 1.03 bits per heavy atom. The van der Waals surface area contributed by atoms with E-state index in [1.807, 2.05) is 80.1 Å². The summed E-state index contributed by atoms with van der Waals surface area (Å²) >= 11 is 0. The minimum Gasteiger partial charge on any atom is -0.397 e. The summed E-state index contributed by atoms with van der Waals surface area (Å²) in [6, 6.07) is 15.7. The lowest BCUT2D eigenvalue weighted by molar-refractivity contribution is -0.111. The Hall–Kier alpha value is -4.33. The van der Waals surface area contributed by atoms with E-state index in [0.29, 0.717) is 17.1 Å². The number of allylic oxidation sites excluding steroid dienone is 2. The van der Waals surface area contributed by atoms with Crippen molar-refractivity contribution in [3.63, 3.8) is 0 Å². The first-order valence-electron chi connectivity index (χ1n) is 11.1. The van der Waals surface area contributed by atoms with Crippen LogP contribution in [0.4, 0.5) is 22.7 Å². The lowest BCUT2D eigenvalue weighted by Gasteiger charge is -2.15. The van der Waals surface area contributed by atoms with Crippen LogP contribution in [0.15, 0.2) is 95.8 Å². The molecule has 0 unspecified atom stereocenters.